The molecule has 0 saturated carbocycles. The van der Waals surface area contributed by atoms with Crippen LogP contribution in [0.4, 0.5) is 4.39 Å². The van der Waals surface area contributed by atoms with Crippen molar-refractivity contribution in [3.05, 3.63) is 65.7 Å². The maximum atomic E-state index is 13.4. The summed E-state index contributed by atoms with van der Waals surface area (Å²) in [7, 11) is 0. The second-order valence-electron chi connectivity index (χ2n) is 7.29. The van der Waals surface area contributed by atoms with Crippen LogP contribution in [0.25, 0.3) is 0 Å². The van der Waals surface area contributed by atoms with Gasteiger partial charge in [0.25, 0.3) is 0 Å². The van der Waals surface area contributed by atoms with E-state index in [4.69, 9.17) is 0 Å². The van der Waals surface area contributed by atoms with Gasteiger partial charge in [0, 0.05) is 36.8 Å². The predicted molar refractivity (Wildman–Crippen MR) is 94.7 cm³/mol. The summed E-state index contributed by atoms with van der Waals surface area (Å²) < 4.78 is 13.4. The number of carbonyl (C=O) groups excluding carboxylic acids is 1. The normalized spacial score (nSPS) is 26.4. The first-order chi connectivity index (χ1) is 12.2. The molecule has 0 spiro atoms. The van der Waals surface area contributed by atoms with E-state index in [1.54, 1.807) is 0 Å². The van der Waals surface area contributed by atoms with Gasteiger partial charge in [-0.15, -0.1) is 0 Å². The number of nitrogens with zero attached hydrogens (tertiary/aromatic N) is 2. The highest BCUT2D eigenvalue weighted by Gasteiger charge is 2.40. The molecule has 3 heterocycles. The van der Waals surface area contributed by atoms with Gasteiger partial charge >= 0.3 is 0 Å². The number of hydrogen-bond acceptors (Lipinski definition) is 3. The van der Waals surface area contributed by atoms with Crippen LogP contribution in [0.1, 0.15) is 48.2 Å². The Labute approximate surface area is 147 Å². The predicted octanol–water partition coefficient (Wildman–Crippen LogP) is 4.24. The summed E-state index contributed by atoms with van der Waals surface area (Å²) in [4.78, 5) is 19.5. The number of Topliss-reactive ketones (excluding diaryl/α,β-unsaturated/α-hetero) is 1. The molecule has 0 aliphatic carbocycles. The smallest absolute Gasteiger partial charge is 0.184 e. The van der Waals surface area contributed by atoms with E-state index in [1.807, 2.05) is 6.07 Å². The quantitative estimate of drug-likeness (QED) is 0.782. The van der Waals surface area contributed by atoms with Crippen LogP contribution in [0.3, 0.4) is 0 Å². The molecule has 0 amide bonds. The first-order valence-electron chi connectivity index (χ1n) is 9.16. The fourth-order valence-corrected chi connectivity index (χ4v) is 4.49. The lowest BCUT2D eigenvalue weighted by atomic mass is 9.76. The average molecular weight is 338 g/mol. The van der Waals surface area contributed by atoms with E-state index >= 15 is 0 Å². The number of ketones is 1. The molecule has 2 aliphatic rings. The third kappa shape index (κ3) is 3.49. The van der Waals surface area contributed by atoms with Gasteiger partial charge in [-0.05, 0) is 37.3 Å². The zero-order valence-corrected chi connectivity index (χ0v) is 14.3. The number of benzene rings is 1. The van der Waals surface area contributed by atoms with Gasteiger partial charge < -0.3 is 0 Å². The molecule has 0 N–H and O–H groups in total. The van der Waals surface area contributed by atoms with Gasteiger partial charge in [0.05, 0.1) is 0 Å². The van der Waals surface area contributed by atoms with Crippen LogP contribution in [0.5, 0.6) is 0 Å². The summed E-state index contributed by atoms with van der Waals surface area (Å²) in [6.07, 6.45) is 6.63. The second kappa shape index (κ2) is 7.04. The van der Waals surface area contributed by atoms with Gasteiger partial charge in [-0.1, -0.05) is 36.8 Å². The van der Waals surface area contributed by atoms with Gasteiger partial charge in [0.2, 0.25) is 0 Å². The van der Waals surface area contributed by atoms with Crippen LogP contribution in [0, 0.1) is 11.7 Å². The van der Waals surface area contributed by atoms with E-state index in [9.17, 15) is 9.18 Å². The molecular formula is C21H23FN2O. The lowest BCUT2D eigenvalue weighted by Crippen LogP contribution is -2.52. The minimum Gasteiger partial charge on any atom is -0.293 e. The number of piperidine rings is 2. The van der Waals surface area contributed by atoms with Crippen LogP contribution < -0.4 is 0 Å². The number of fused-ring (bicyclic) bond motifs is 2. The maximum absolute atomic E-state index is 13.4. The number of pyridine rings is 1. The number of rotatable bonds is 4. The summed E-state index contributed by atoms with van der Waals surface area (Å²) >= 11 is 0. The molecule has 4 rings (SSSR count). The Bertz CT molecular complexity index is 735. The van der Waals surface area contributed by atoms with E-state index in [0.717, 1.165) is 32.2 Å². The summed E-state index contributed by atoms with van der Waals surface area (Å²) in [5.74, 6) is -0.410. The Morgan fingerprint density at radius 2 is 1.84 bits per heavy atom. The Balaban J connectivity index is 1.50. The van der Waals surface area contributed by atoms with Crippen LogP contribution >= 0.6 is 0 Å². The van der Waals surface area contributed by atoms with Crippen LogP contribution in [0.2, 0.25) is 0 Å². The topological polar surface area (TPSA) is 33.2 Å². The van der Waals surface area contributed by atoms with Crippen molar-refractivity contribution in [2.24, 2.45) is 5.92 Å². The molecule has 1 aromatic heterocycles. The summed E-state index contributed by atoms with van der Waals surface area (Å²) in [6.45, 7) is 0.954. The number of hydrogen-bond donors (Lipinski definition) is 0. The molecular weight excluding hydrogens is 315 g/mol. The maximum Gasteiger partial charge on any atom is 0.184 e. The highest BCUT2D eigenvalue weighted by Crippen LogP contribution is 2.39. The zero-order chi connectivity index (χ0) is 17.2. The first-order valence-corrected chi connectivity index (χ1v) is 9.16. The summed E-state index contributed by atoms with van der Waals surface area (Å²) in [5, 5.41) is 0. The Morgan fingerprint density at radius 3 is 2.52 bits per heavy atom. The van der Waals surface area contributed by atoms with E-state index < -0.39 is 0 Å². The van der Waals surface area contributed by atoms with Crippen molar-refractivity contribution in [1.82, 2.24) is 9.88 Å². The van der Waals surface area contributed by atoms with Crippen molar-refractivity contribution < 1.29 is 9.18 Å². The van der Waals surface area contributed by atoms with Gasteiger partial charge in [0.15, 0.2) is 5.78 Å². The molecule has 2 unspecified atom stereocenters. The highest BCUT2D eigenvalue weighted by molar-refractivity contribution is 5.96. The van der Waals surface area contributed by atoms with E-state index in [1.165, 1.54) is 30.3 Å². The Hall–Kier alpha value is -2.07. The fraction of sp³-hybridized carbons (Fsp3) is 0.429. The Kier molecular flexibility index (Phi) is 4.62. The Morgan fingerprint density at radius 1 is 1.12 bits per heavy atom. The lowest BCUT2D eigenvalue weighted by molar-refractivity contribution is 0.00890. The molecule has 1 aromatic carbocycles. The van der Waals surface area contributed by atoms with Crippen molar-refractivity contribution in [1.29, 1.82) is 0 Å². The van der Waals surface area contributed by atoms with Gasteiger partial charge in [-0.3, -0.25) is 14.7 Å². The highest BCUT2D eigenvalue weighted by atomic mass is 19.1. The molecule has 2 aliphatic heterocycles. The van der Waals surface area contributed by atoms with Crippen molar-refractivity contribution in [3.63, 3.8) is 0 Å². The van der Waals surface area contributed by atoms with E-state index in [2.05, 4.69) is 34.1 Å². The average Bonchev–Trinajstić information content (AvgIpc) is 2.62. The molecule has 2 atom stereocenters. The molecule has 2 fully saturated rings. The molecule has 2 bridgehead atoms. The van der Waals surface area contributed by atoms with Crippen molar-refractivity contribution in [2.75, 3.05) is 0 Å². The van der Waals surface area contributed by atoms with E-state index in [-0.39, 0.29) is 23.2 Å². The molecule has 0 radical (unpaired) electrons. The van der Waals surface area contributed by atoms with Crippen LogP contribution in [-0.2, 0) is 6.54 Å². The number of carbonyl (C=O) groups is 1. The van der Waals surface area contributed by atoms with E-state index in [0.29, 0.717) is 12.1 Å². The van der Waals surface area contributed by atoms with Crippen molar-refractivity contribution in [3.8, 4) is 0 Å². The first kappa shape index (κ1) is 16.4. The number of aromatic nitrogens is 1. The molecule has 25 heavy (non-hydrogen) atoms. The van der Waals surface area contributed by atoms with Crippen LogP contribution in [0.15, 0.2) is 48.7 Å². The third-order valence-electron chi connectivity index (χ3n) is 5.68. The summed E-state index contributed by atoms with van der Waals surface area (Å²) in [5.41, 5.74) is 1.61. The van der Waals surface area contributed by atoms with Gasteiger partial charge in [-0.25, -0.2) is 4.39 Å². The molecule has 4 heteroatoms. The minimum absolute atomic E-state index is 0.00996. The standard InChI is InChI=1S/C21H23FN2O/c22-17-9-10-23-20(13-17)21(25)16-11-18-7-4-8-19(12-16)24(18)14-15-5-2-1-3-6-15/h1-3,5-6,9-10,13,16,18-19H,4,7-8,11-12,14H2. The molecule has 2 aromatic rings. The largest absolute Gasteiger partial charge is 0.293 e. The lowest BCUT2D eigenvalue weighted by Gasteiger charge is -2.48. The van der Waals surface area contributed by atoms with Crippen molar-refractivity contribution in [2.45, 2.75) is 50.7 Å². The summed E-state index contributed by atoms with van der Waals surface area (Å²) in [6, 6.07) is 14.0. The van der Waals surface area contributed by atoms with Crippen LogP contribution in [-0.4, -0.2) is 27.8 Å². The minimum atomic E-state index is -0.389. The number of halogens is 1. The fourth-order valence-electron chi connectivity index (χ4n) is 4.49. The molecule has 130 valence electrons. The SMILES string of the molecule is O=C(c1cc(F)ccn1)C1CC2CCCC(C1)N2Cc1ccccc1. The van der Waals surface area contributed by atoms with Crippen molar-refractivity contribution >= 4 is 5.78 Å². The third-order valence-corrected chi connectivity index (χ3v) is 5.68. The monoisotopic (exact) mass is 338 g/mol. The molecule has 3 nitrogen and oxygen atoms in total. The molecule has 2 saturated heterocycles. The van der Waals surface area contributed by atoms with Gasteiger partial charge in [-0.2, -0.15) is 0 Å². The zero-order valence-electron chi connectivity index (χ0n) is 14.3. The second-order valence-corrected chi connectivity index (χ2v) is 7.29. The van der Waals surface area contributed by atoms with Gasteiger partial charge in [0.1, 0.15) is 11.5 Å².